The van der Waals surface area contributed by atoms with E-state index < -0.39 is 11.8 Å². The molecule has 0 bridgehead atoms. The van der Waals surface area contributed by atoms with Crippen LogP contribution < -0.4 is 14.4 Å². The van der Waals surface area contributed by atoms with Crippen molar-refractivity contribution in [3.63, 3.8) is 0 Å². The van der Waals surface area contributed by atoms with Crippen molar-refractivity contribution in [1.82, 2.24) is 9.55 Å². The summed E-state index contributed by atoms with van der Waals surface area (Å²) in [6, 6.07) is 11.7. The number of imide groups is 1. The third-order valence-electron chi connectivity index (χ3n) is 4.43. The van der Waals surface area contributed by atoms with Crippen molar-refractivity contribution in [2.75, 3.05) is 19.1 Å². The van der Waals surface area contributed by atoms with Crippen molar-refractivity contribution in [3.05, 3.63) is 53.6 Å². The molecule has 1 aliphatic rings. The summed E-state index contributed by atoms with van der Waals surface area (Å²) in [4.78, 5) is 31.2. The number of nitrogens with zero attached hydrogens (tertiary/aromatic N) is 3. The first-order valence-electron chi connectivity index (χ1n) is 8.18. The number of carbonyl (C=O) groups excluding carboxylic acids is 2. The number of methoxy groups -OCH3 is 2. The molecular formula is C19H15N3O4S2. The molecule has 7 nitrogen and oxygen atoms in total. The van der Waals surface area contributed by atoms with Crippen LogP contribution in [0, 0.1) is 0 Å². The van der Waals surface area contributed by atoms with Crippen molar-refractivity contribution in [2.24, 2.45) is 0 Å². The number of pyridine rings is 1. The van der Waals surface area contributed by atoms with Gasteiger partial charge in [0.05, 0.1) is 35.4 Å². The highest BCUT2D eigenvalue weighted by molar-refractivity contribution is 7.81. The average molecular weight is 413 g/mol. The van der Waals surface area contributed by atoms with Crippen molar-refractivity contribution in [2.45, 2.75) is 10.1 Å². The first-order chi connectivity index (χ1) is 13.5. The van der Waals surface area contributed by atoms with Crippen LogP contribution in [0.15, 0.2) is 52.5 Å². The van der Waals surface area contributed by atoms with Gasteiger partial charge >= 0.3 is 0 Å². The molecule has 9 heteroatoms. The Morgan fingerprint density at radius 3 is 2.18 bits per heavy atom. The van der Waals surface area contributed by atoms with Gasteiger partial charge in [0.1, 0.15) is 5.69 Å². The van der Waals surface area contributed by atoms with Crippen molar-refractivity contribution in [1.29, 1.82) is 0 Å². The molecule has 2 amide bonds. The minimum Gasteiger partial charge on any atom is -0.481 e. The topological polar surface area (TPSA) is 73.7 Å². The Hall–Kier alpha value is -2.91. The third-order valence-corrected chi connectivity index (χ3v) is 5.12. The molecule has 0 unspecified atom stereocenters. The third kappa shape index (κ3) is 2.74. The first kappa shape index (κ1) is 18.5. The Labute approximate surface area is 171 Å². The lowest BCUT2D eigenvalue weighted by Gasteiger charge is -2.16. The zero-order valence-electron chi connectivity index (χ0n) is 14.9. The van der Waals surface area contributed by atoms with E-state index in [2.05, 4.69) is 30.2 Å². The molecule has 2 aromatic heterocycles. The lowest BCUT2D eigenvalue weighted by molar-refractivity contribution is 0.0925. The summed E-state index contributed by atoms with van der Waals surface area (Å²) < 4.78 is 12.1. The zero-order chi connectivity index (χ0) is 20.0. The van der Waals surface area contributed by atoms with Gasteiger partial charge in [0.25, 0.3) is 11.8 Å². The van der Waals surface area contributed by atoms with Crippen LogP contribution in [0.2, 0.25) is 0 Å². The molecule has 1 aromatic carbocycles. The molecular weight excluding hydrogens is 398 g/mol. The number of carbonyl (C=O) groups is 2. The highest BCUT2D eigenvalue weighted by Gasteiger charge is 2.39. The molecule has 0 fully saturated rings. The smallest absolute Gasteiger partial charge is 0.266 e. The predicted molar refractivity (Wildman–Crippen MR) is 109 cm³/mol. The molecule has 0 saturated heterocycles. The second-order valence-corrected chi connectivity index (χ2v) is 6.86. The minimum atomic E-state index is -0.458. The molecule has 0 spiro atoms. The van der Waals surface area contributed by atoms with Gasteiger partial charge in [-0.1, -0.05) is 0 Å². The van der Waals surface area contributed by atoms with E-state index in [-0.39, 0.29) is 17.1 Å². The monoisotopic (exact) mass is 413 g/mol. The fraction of sp³-hybridized carbons (Fsp3) is 0.105. The highest BCUT2D eigenvalue weighted by Crippen LogP contribution is 2.36. The van der Waals surface area contributed by atoms with E-state index >= 15 is 0 Å². The molecule has 4 rings (SSSR count). The van der Waals surface area contributed by atoms with Gasteiger partial charge in [-0.25, -0.2) is 4.90 Å². The quantitative estimate of drug-likeness (QED) is 0.507. The number of aromatic nitrogens is 2. The Morgan fingerprint density at radius 2 is 1.54 bits per heavy atom. The van der Waals surface area contributed by atoms with Gasteiger partial charge in [-0.15, -0.1) is 25.3 Å². The normalized spacial score (nSPS) is 13.1. The van der Waals surface area contributed by atoms with E-state index in [0.717, 1.165) is 4.90 Å². The van der Waals surface area contributed by atoms with Crippen molar-refractivity contribution >= 4 is 42.8 Å². The van der Waals surface area contributed by atoms with Crippen LogP contribution >= 0.6 is 25.3 Å². The lowest BCUT2D eigenvalue weighted by Crippen LogP contribution is -2.30. The van der Waals surface area contributed by atoms with E-state index in [1.807, 2.05) is 0 Å². The molecule has 0 saturated carbocycles. The van der Waals surface area contributed by atoms with Gasteiger partial charge in [0, 0.05) is 11.8 Å². The Kier molecular flexibility index (Phi) is 4.56. The Balaban J connectivity index is 1.80. The summed E-state index contributed by atoms with van der Waals surface area (Å²) in [5, 5.41) is 1.33. The number of hydrogen-bond acceptors (Lipinski definition) is 7. The predicted octanol–water partition coefficient (Wildman–Crippen LogP) is 3.27. The molecule has 3 heterocycles. The van der Waals surface area contributed by atoms with Crippen molar-refractivity contribution < 1.29 is 19.1 Å². The number of ether oxygens (including phenoxy) is 2. The summed E-state index contributed by atoms with van der Waals surface area (Å²) in [5.74, 6) is -0.466. The van der Waals surface area contributed by atoms with E-state index in [9.17, 15) is 9.59 Å². The fourth-order valence-corrected chi connectivity index (χ4v) is 3.79. The van der Waals surface area contributed by atoms with Crippen LogP contribution in [0.25, 0.3) is 5.69 Å². The molecule has 0 N–H and O–H groups in total. The number of fused-ring (bicyclic) bond motifs is 1. The molecule has 142 valence electrons. The summed E-state index contributed by atoms with van der Waals surface area (Å²) in [6.45, 7) is 0. The highest BCUT2D eigenvalue weighted by atomic mass is 32.1. The summed E-state index contributed by atoms with van der Waals surface area (Å²) in [5.41, 5.74) is 1.53. The number of rotatable bonds is 4. The number of benzene rings is 1. The number of thiol groups is 2. The lowest BCUT2D eigenvalue weighted by atomic mass is 10.1. The first-order valence-corrected chi connectivity index (χ1v) is 9.07. The van der Waals surface area contributed by atoms with Gasteiger partial charge in [-0.3, -0.25) is 14.2 Å². The number of amides is 2. The van der Waals surface area contributed by atoms with E-state index in [1.54, 1.807) is 47.0 Å². The molecule has 0 radical (unpaired) electrons. The van der Waals surface area contributed by atoms with Crippen LogP contribution in [-0.2, 0) is 0 Å². The second kappa shape index (κ2) is 6.92. The number of anilines is 1. The fourth-order valence-electron chi connectivity index (χ4n) is 3.12. The molecule has 0 atom stereocenters. The maximum absolute atomic E-state index is 13.1. The average Bonchev–Trinajstić information content (AvgIpc) is 3.17. The van der Waals surface area contributed by atoms with Gasteiger partial charge in [-0.05, 0) is 36.4 Å². The van der Waals surface area contributed by atoms with Gasteiger partial charge < -0.3 is 9.47 Å². The van der Waals surface area contributed by atoms with Crippen LogP contribution in [-0.4, -0.2) is 35.6 Å². The molecule has 28 heavy (non-hydrogen) atoms. The van der Waals surface area contributed by atoms with Crippen LogP contribution in [0.1, 0.15) is 20.7 Å². The van der Waals surface area contributed by atoms with E-state index in [1.165, 1.54) is 14.2 Å². The van der Waals surface area contributed by atoms with Crippen molar-refractivity contribution in [3.8, 4) is 17.4 Å². The summed E-state index contributed by atoms with van der Waals surface area (Å²) in [6.07, 6.45) is 0. The minimum absolute atomic E-state index is 0.120. The zero-order valence-corrected chi connectivity index (χ0v) is 16.7. The van der Waals surface area contributed by atoms with E-state index in [4.69, 9.17) is 9.47 Å². The van der Waals surface area contributed by atoms with Gasteiger partial charge in [-0.2, -0.15) is 4.98 Å². The SMILES string of the molecule is COc1ccc(N2C(=O)c3ccc(-n4c(S)ccc4S)cc3C2=O)c(OC)n1. The van der Waals surface area contributed by atoms with E-state index in [0.29, 0.717) is 27.2 Å². The second-order valence-electron chi connectivity index (χ2n) is 5.94. The van der Waals surface area contributed by atoms with Gasteiger partial charge in [0.2, 0.25) is 11.8 Å². The summed E-state index contributed by atoms with van der Waals surface area (Å²) in [7, 11) is 2.88. The van der Waals surface area contributed by atoms with Crippen LogP contribution in [0.5, 0.6) is 11.8 Å². The largest absolute Gasteiger partial charge is 0.481 e. The maximum atomic E-state index is 13.1. The Morgan fingerprint density at radius 1 is 0.857 bits per heavy atom. The standard InChI is InChI=1S/C19H15N3O4S2/c1-25-14-6-5-13(17(20-14)26-2)22-18(23)11-4-3-10(9-12(11)19(22)24)21-15(27)7-8-16(21)28/h3-9,27-28H,1-2H3. The van der Waals surface area contributed by atoms with Crippen LogP contribution in [0.4, 0.5) is 5.69 Å². The Bertz CT molecular complexity index is 1110. The maximum Gasteiger partial charge on any atom is 0.266 e. The molecule has 0 aliphatic carbocycles. The number of hydrogen-bond donors (Lipinski definition) is 2. The summed E-state index contributed by atoms with van der Waals surface area (Å²) >= 11 is 8.82. The molecule has 1 aliphatic heterocycles. The molecule has 3 aromatic rings. The van der Waals surface area contributed by atoms with Gasteiger partial charge in [0.15, 0.2) is 0 Å². The van der Waals surface area contributed by atoms with Crippen LogP contribution in [0.3, 0.4) is 0 Å².